The zero-order chi connectivity index (χ0) is 17.4. The van der Waals surface area contributed by atoms with E-state index in [0.29, 0.717) is 17.4 Å². The number of ether oxygens (including phenoxy) is 1. The number of fused-ring (bicyclic) bond motifs is 3. The quantitative estimate of drug-likeness (QED) is 0.660. The molecule has 0 fully saturated rings. The summed E-state index contributed by atoms with van der Waals surface area (Å²) in [5, 5.41) is 3.07. The normalized spacial score (nSPS) is 12.3. The van der Waals surface area contributed by atoms with Gasteiger partial charge in [-0.1, -0.05) is 44.2 Å². The van der Waals surface area contributed by atoms with Crippen molar-refractivity contribution in [1.29, 1.82) is 0 Å². The van der Waals surface area contributed by atoms with E-state index >= 15 is 0 Å². The van der Waals surface area contributed by atoms with Gasteiger partial charge in [-0.15, -0.1) is 11.3 Å². The maximum atomic E-state index is 12.8. The average Bonchev–Trinajstić information content (AvgIpc) is 3.07. The monoisotopic (exact) mass is 349 g/mol. The SMILES string of the molecule is CC(C)c1ccccc1NC(=O)c1cc2c(s1)-c1ccccc1OC2. The Morgan fingerprint density at radius 1 is 1.12 bits per heavy atom. The average molecular weight is 349 g/mol. The van der Waals surface area contributed by atoms with Crippen LogP contribution in [-0.4, -0.2) is 5.91 Å². The van der Waals surface area contributed by atoms with E-state index in [4.69, 9.17) is 4.74 Å². The van der Waals surface area contributed by atoms with Gasteiger partial charge in [-0.25, -0.2) is 0 Å². The summed E-state index contributed by atoms with van der Waals surface area (Å²) in [4.78, 5) is 14.6. The highest BCUT2D eigenvalue weighted by molar-refractivity contribution is 7.17. The first kappa shape index (κ1) is 15.9. The standard InChI is InChI=1S/C21H19NO2S/c1-13(2)15-7-3-5-9-17(15)22-21(23)19-11-14-12-24-18-10-6-4-8-16(18)20(14)25-19/h3-11,13H,12H2,1-2H3,(H,22,23). The number of para-hydroxylation sites is 2. The van der Waals surface area contributed by atoms with E-state index in [1.807, 2.05) is 48.5 Å². The van der Waals surface area contributed by atoms with E-state index in [1.54, 1.807) is 0 Å². The second-order valence-electron chi connectivity index (χ2n) is 6.45. The molecular weight excluding hydrogens is 330 g/mol. The topological polar surface area (TPSA) is 38.3 Å². The highest BCUT2D eigenvalue weighted by Crippen LogP contribution is 2.42. The molecule has 0 aliphatic carbocycles. The minimum Gasteiger partial charge on any atom is -0.488 e. The molecule has 1 aromatic heterocycles. The van der Waals surface area contributed by atoms with E-state index < -0.39 is 0 Å². The van der Waals surface area contributed by atoms with Crippen LogP contribution in [0.1, 0.15) is 40.6 Å². The number of nitrogens with one attached hydrogen (secondary N) is 1. The van der Waals surface area contributed by atoms with Gasteiger partial charge in [0.25, 0.3) is 5.91 Å². The van der Waals surface area contributed by atoms with Crippen molar-refractivity contribution in [2.24, 2.45) is 0 Å². The molecule has 126 valence electrons. The fraction of sp³-hybridized carbons (Fsp3) is 0.190. The number of amides is 1. The van der Waals surface area contributed by atoms with E-state index in [1.165, 1.54) is 11.3 Å². The summed E-state index contributed by atoms with van der Waals surface area (Å²) in [6.07, 6.45) is 0. The van der Waals surface area contributed by atoms with Crippen LogP contribution in [0.2, 0.25) is 0 Å². The lowest BCUT2D eigenvalue weighted by molar-refractivity contribution is 0.103. The zero-order valence-electron chi connectivity index (χ0n) is 14.2. The van der Waals surface area contributed by atoms with Crippen molar-refractivity contribution >= 4 is 22.9 Å². The zero-order valence-corrected chi connectivity index (χ0v) is 15.0. The molecule has 1 amide bonds. The molecule has 3 aromatic rings. The van der Waals surface area contributed by atoms with Crippen LogP contribution in [-0.2, 0) is 6.61 Å². The maximum absolute atomic E-state index is 12.8. The fourth-order valence-electron chi connectivity index (χ4n) is 3.11. The highest BCUT2D eigenvalue weighted by atomic mass is 32.1. The van der Waals surface area contributed by atoms with Crippen molar-refractivity contribution in [2.75, 3.05) is 5.32 Å². The molecule has 1 aliphatic heterocycles. The number of carbonyl (C=O) groups excluding carboxylic acids is 1. The second-order valence-corrected chi connectivity index (χ2v) is 7.50. The van der Waals surface area contributed by atoms with Gasteiger partial charge in [-0.2, -0.15) is 0 Å². The predicted octanol–water partition coefficient (Wildman–Crippen LogP) is 5.68. The smallest absolute Gasteiger partial charge is 0.265 e. The van der Waals surface area contributed by atoms with Crippen LogP contribution in [0.25, 0.3) is 10.4 Å². The van der Waals surface area contributed by atoms with Crippen molar-refractivity contribution in [3.05, 3.63) is 70.6 Å². The molecule has 0 unspecified atom stereocenters. The van der Waals surface area contributed by atoms with Gasteiger partial charge in [0.05, 0.1) is 4.88 Å². The number of benzene rings is 2. The molecule has 2 aromatic carbocycles. The summed E-state index contributed by atoms with van der Waals surface area (Å²) < 4.78 is 5.79. The van der Waals surface area contributed by atoms with Crippen LogP contribution < -0.4 is 10.1 Å². The molecule has 1 N–H and O–H groups in total. The number of hydrogen-bond donors (Lipinski definition) is 1. The molecule has 25 heavy (non-hydrogen) atoms. The third-order valence-corrected chi connectivity index (χ3v) is 5.59. The van der Waals surface area contributed by atoms with Crippen LogP contribution in [0.3, 0.4) is 0 Å². The van der Waals surface area contributed by atoms with Gasteiger partial charge in [-0.05, 0) is 35.7 Å². The summed E-state index contributed by atoms with van der Waals surface area (Å²) in [6.45, 7) is 4.77. The molecule has 0 bridgehead atoms. The van der Waals surface area contributed by atoms with Gasteiger partial charge >= 0.3 is 0 Å². The van der Waals surface area contributed by atoms with Crippen LogP contribution >= 0.6 is 11.3 Å². The van der Waals surface area contributed by atoms with Gasteiger partial charge in [0, 0.05) is 21.7 Å². The Morgan fingerprint density at radius 2 is 1.88 bits per heavy atom. The Morgan fingerprint density at radius 3 is 2.72 bits per heavy atom. The molecular formula is C21H19NO2S. The lowest BCUT2D eigenvalue weighted by Crippen LogP contribution is -2.12. The third kappa shape index (κ3) is 2.94. The Labute approximate surface area is 151 Å². The van der Waals surface area contributed by atoms with Crippen LogP contribution in [0, 0.1) is 0 Å². The molecule has 2 heterocycles. The van der Waals surface area contributed by atoms with Crippen LogP contribution in [0.4, 0.5) is 5.69 Å². The van der Waals surface area contributed by atoms with Gasteiger partial charge in [0.15, 0.2) is 0 Å². The number of thiophene rings is 1. The lowest BCUT2D eigenvalue weighted by atomic mass is 10.0. The van der Waals surface area contributed by atoms with Crippen molar-refractivity contribution < 1.29 is 9.53 Å². The minimum atomic E-state index is -0.0648. The van der Waals surface area contributed by atoms with Gasteiger partial charge < -0.3 is 10.1 Å². The minimum absolute atomic E-state index is 0.0648. The largest absolute Gasteiger partial charge is 0.488 e. The molecule has 0 spiro atoms. The second kappa shape index (κ2) is 6.37. The predicted molar refractivity (Wildman–Crippen MR) is 103 cm³/mol. The molecule has 0 saturated carbocycles. The van der Waals surface area contributed by atoms with E-state index in [0.717, 1.165) is 33.0 Å². The Hall–Kier alpha value is -2.59. The summed E-state index contributed by atoms with van der Waals surface area (Å²) in [5.74, 6) is 1.17. The third-order valence-electron chi connectivity index (χ3n) is 4.38. The number of carbonyl (C=O) groups is 1. The Bertz CT molecular complexity index is 943. The summed E-state index contributed by atoms with van der Waals surface area (Å²) >= 11 is 1.53. The first-order valence-corrected chi connectivity index (χ1v) is 9.20. The lowest BCUT2D eigenvalue weighted by Gasteiger charge is -2.16. The summed E-state index contributed by atoms with van der Waals surface area (Å²) in [5.41, 5.74) is 4.16. The summed E-state index contributed by atoms with van der Waals surface area (Å²) in [7, 11) is 0. The fourth-order valence-corrected chi connectivity index (χ4v) is 4.20. The summed E-state index contributed by atoms with van der Waals surface area (Å²) in [6, 6.07) is 17.9. The van der Waals surface area contributed by atoms with Gasteiger partial charge in [0.1, 0.15) is 12.4 Å². The molecule has 0 saturated heterocycles. The van der Waals surface area contributed by atoms with Crippen molar-refractivity contribution in [3.63, 3.8) is 0 Å². The van der Waals surface area contributed by atoms with Crippen molar-refractivity contribution in [1.82, 2.24) is 0 Å². The van der Waals surface area contributed by atoms with Crippen molar-refractivity contribution in [2.45, 2.75) is 26.4 Å². The first-order chi connectivity index (χ1) is 12.1. The molecule has 4 rings (SSSR count). The Kier molecular flexibility index (Phi) is 4.06. The number of anilines is 1. The number of hydrogen-bond acceptors (Lipinski definition) is 3. The molecule has 0 atom stereocenters. The van der Waals surface area contributed by atoms with E-state index in [9.17, 15) is 4.79 Å². The van der Waals surface area contributed by atoms with Gasteiger partial charge in [-0.3, -0.25) is 4.79 Å². The van der Waals surface area contributed by atoms with Crippen LogP contribution in [0.5, 0.6) is 5.75 Å². The molecule has 4 heteroatoms. The van der Waals surface area contributed by atoms with E-state index in [-0.39, 0.29) is 5.91 Å². The van der Waals surface area contributed by atoms with Gasteiger partial charge in [0.2, 0.25) is 0 Å². The Balaban J connectivity index is 1.65. The number of rotatable bonds is 3. The molecule has 0 radical (unpaired) electrons. The maximum Gasteiger partial charge on any atom is 0.265 e. The van der Waals surface area contributed by atoms with Crippen molar-refractivity contribution in [3.8, 4) is 16.2 Å². The van der Waals surface area contributed by atoms with E-state index in [2.05, 4.69) is 25.2 Å². The first-order valence-electron chi connectivity index (χ1n) is 8.38. The molecule has 1 aliphatic rings. The highest BCUT2D eigenvalue weighted by Gasteiger charge is 2.22. The molecule has 3 nitrogen and oxygen atoms in total. The van der Waals surface area contributed by atoms with Crippen LogP contribution in [0.15, 0.2) is 54.6 Å².